The summed E-state index contributed by atoms with van der Waals surface area (Å²) in [6.07, 6.45) is 4.05. The van der Waals surface area contributed by atoms with Gasteiger partial charge in [0, 0.05) is 20.5 Å². The molecule has 0 spiro atoms. The van der Waals surface area contributed by atoms with Crippen LogP contribution in [0.3, 0.4) is 0 Å². The summed E-state index contributed by atoms with van der Waals surface area (Å²) in [6, 6.07) is 2.15. The first-order valence-electron chi connectivity index (χ1n) is 3.19. The van der Waals surface area contributed by atoms with Crippen molar-refractivity contribution in [2.75, 3.05) is 0 Å². The van der Waals surface area contributed by atoms with Gasteiger partial charge in [-0.15, -0.1) is 6.58 Å². The highest BCUT2D eigenvalue weighted by molar-refractivity contribution is 6.09. The topological polar surface area (TPSA) is 0 Å². The summed E-state index contributed by atoms with van der Waals surface area (Å²) in [7, 11) is 2.34. The molecule has 0 amide bonds. The molecule has 9 heavy (non-hydrogen) atoms. The van der Waals surface area contributed by atoms with Gasteiger partial charge in [-0.05, 0) is 12.1 Å². The van der Waals surface area contributed by atoms with Crippen molar-refractivity contribution in [2.45, 2.75) is 12.1 Å². The quantitative estimate of drug-likeness (QED) is 0.402. The van der Waals surface area contributed by atoms with Crippen LogP contribution in [0.2, 0.25) is 12.1 Å². The lowest BCUT2D eigenvalue weighted by molar-refractivity contribution is 0.719. The highest BCUT2D eigenvalue weighted by Gasteiger charge is 1.55. The summed E-state index contributed by atoms with van der Waals surface area (Å²) in [5.41, 5.74) is 0. The van der Waals surface area contributed by atoms with Crippen LogP contribution < -0.4 is 0 Å². The highest BCUT2D eigenvalue weighted by atomic mass is 28.1. The molecule has 3 heteroatoms. The van der Waals surface area contributed by atoms with Crippen molar-refractivity contribution in [1.82, 2.24) is 0 Å². The molecule has 0 aliphatic carbocycles. The summed E-state index contributed by atoms with van der Waals surface area (Å²) >= 11 is 0. The van der Waals surface area contributed by atoms with E-state index in [2.05, 4.69) is 6.58 Å². The molecular weight excluding hydrogens is 147 g/mol. The van der Waals surface area contributed by atoms with Gasteiger partial charge >= 0.3 is 0 Å². The first-order chi connectivity index (χ1) is 4.33. The molecule has 0 heterocycles. The van der Waals surface area contributed by atoms with E-state index in [9.17, 15) is 4.39 Å². The standard InChI is InChI=1S/C3H7FSi.C3H8Si/c4-2-1-3-5;1-2-3-4/h1-2H,3H2,5H3;2H,1,3H2,4H3. The molecule has 0 aromatic heterocycles. The number of rotatable bonds is 2. The second kappa shape index (κ2) is 15.7. The molecule has 0 atom stereocenters. The van der Waals surface area contributed by atoms with Gasteiger partial charge in [0.25, 0.3) is 0 Å². The number of halogens is 1. The molecule has 0 aromatic rings. The summed E-state index contributed by atoms with van der Waals surface area (Å²) < 4.78 is 10.8. The first-order valence-corrected chi connectivity index (χ1v) is 6.02. The number of hydrogen-bond acceptors (Lipinski definition) is 0. The number of allylic oxidation sites excluding steroid dienone is 2. The van der Waals surface area contributed by atoms with Crippen LogP contribution in [0.15, 0.2) is 25.1 Å². The second-order valence-corrected chi connectivity index (χ2v) is 3.10. The minimum Gasteiger partial charge on any atom is -0.216 e. The summed E-state index contributed by atoms with van der Waals surface area (Å²) in [6.45, 7) is 3.51. The molecule has 54 valence electrons. The van der Waals surface area contributed by atoms with Crippen LogP contribution in [0.5, 0.6) is 0 Å². The van der Waals surface area contributed by atoms with Gasteiger partial charge < -0.3 is 0 Å². The Morgan fingerprint density at radius 3 is 1.78 bits per heavy atom. The Morgan fingerprint density at radius 2 is 1.78 bits per heavy atom. The fourth-order valence-electron chi connectivity index (χ4n) is 0.0891. The molecule has 0 bridgehead atoms. The predicted octanol–water partition coefficient (Wildman–Crippen LogP) is 0.209. The maximum absolute atomic E-state index is 10.8. The maximum Gasteiger partial charge on any atom is 0.0823 e. The van der Waals surface area contributed by atoms with Crippen molar-refractivity contribution in [2.24, 2.45) is 0 Å². The van der Waals surface area contributed by atoms with Gasteiger partial charge in [0.1, 0.15) is 0 Å². The fourth-order valence-corrected chi connectivity index (χ4v) is 0.267. The Kier molecular flexibility index (Phi) is 20.2. The predicted molar refractivity (Wildman–Crippen MR) is 49.9 cm³/mol. The van der Waals surface area contributed by atoms with Crippen molar-refractivity contribution < 1.29 is 4.39 Å². The van der Waals surface area contributed by atoms with E-state index in [-0.39, 0.29) is 0 Å². The van der Waals surface area contributed by atoms with Crippen LogP contribution >= 0.6 is 0 Å². The Balaban J connectivity index is 0. The zero-order valence-electron chi connectivity index (χ0n) is 6.23. The fraction of sp³-hybridized carbons (Fsp3) is 0.333. The van der Waals surface area contributed by atoms with E-state index >= 15 is 0 Å². The SMILES string of the molecule is C=CC[SiH3].FC=CC[SiH3]. The van der Waals surface area contributed by atoms with E-state index in [4.69, 9.17) is 0 Å². The number of hydrogen-bond donors (Lipinski definition) is 0. The van der Waals surface area contributed by atoms with Crippen LogP contribution in [-0.2, 0) is 0 Å². The average molecular weight is 162 g/mol. The molecule has 0 saturated carbocycles. The van der Waals surface area contributed by atoms with Gasteiger partial charge in [0.15, 0.2) is 0 Å². The van der Waals surface area contributed by atoms with Crippen LogP contribution in [0, 0.1) is 0 Å². The van der Waals surface area contributed by atoms with Gasteiger partial charge in [-0.25, -0.2) is 4.39 Å². The normalized spacial score (nSPS) is 9.00. The van der Waals surface area contributed by atoms with E-state index in [1.165, 1.54) is 22.4 Å². The van der Waals surface area contributed by atoms with Gasteiger partial charge in [0.05, 0.1) is 6.33 Å². The van der Waals surface area contributed by atoms with Gasteiger partial charge in [-0.1, -0.05) is 12.2 Å². The molecule has 0 saturated heterocycles. The lowest BCUT2D eigenvalue weighted by Gasteiger charge is -1.62. The Bertz CT molecular complexity index is 71.5. The van der Waals surface area contributed by atoms with E-state index in [0.29, 0.717) is 6.33 Å². The zero-order valence-corrected chi connectivity index (χ0v) is 10.2. The van der Waals surface area contributed by atoms with Crippen LogP contribution in [-0.4, -0.2) is 20.5 Å². The lowest BCUT2D eigenvalue weighted by atomic mass is 10.7. The molecule has 0 aliphatic heterocycles. The van der Waals surface area contributed by atoms with E-state index in [1.807, 2.05) is 6.08 Å². The molecule has 0 fully saturated rings. The van der Waals surface area contributed by atoms with Crippen LogP contribution in [0.25, 0.3) is 0 Å². The minimum atomic E-state index is 0.590. The van der Waals surface area contributed by atoms with Crippen molar-refractivity contribution in [3.05, 3.63) is 25.1 Å². The highest BCUT2D eigenvalue weighted by Crippen LogP contribution is 1.73. The second-order valence-electron chi connectivity index (χ2n) is 1.47. The smallest absolute Gasteiger partial charge is 0.0823 e. The average Bonchev–Trinajstić information content (AvgIpc) is 1.91. The zero-order chi connectivity index (χ0) is 7.54. The molecule has 0 radical (unpaired) electrons. The third-order valence-electron chi connectivity index (χ3n) is 0.613. The Hall–Kier alpha value is -0.156. The molecule has 0 unspecified atom stereocenters. The maximum atomic E-state index is 10.8. The van der Waals surface area contributed by atoms with E-state index < -0.39 is 0 Å². The first kappa shape index (κ1) is 11.6. The molecule has 0 aromatic carbocycles. The summed E-state index contributed by atoms with van der Waals surface area (Å²) in [5.74, 6) is 0. The summed E-state index contributed by atoms with van der Waals surface area (Å²) in [4.78, 5) is 0. The van der Waals surface area contributed by atoms with Gasteiger partial charge in [0.2, 0.25) is 0 Å². The largest absolute Gasteiger partial charge is 0.216 e. The molecule has 0 rings (SSSR count). The van der Waals surface area contributed by atoms with Crippen molar-refractivity contribution in [3.8, 4) is 0 Å². The van der Waals surface area contributed by atoms with Gasteiger partial charge in [-0.3, -0.25) is 0 Å². The lowest BCUT2D eigenvalue weighted by Crippen LogP contribution is -1.50. The van der Waals surface area contributed by atoms with E-state index in [0.717, 1.165) is 16.3 Å². The van der Waals surface area contributed by atoms with Crippen molar-refractivity contribution >= 4 is 20.5 Å². The Morgan fingerprint density at radius 1 is 1.33 bits per heavy atom. The molecule has 0 aliphatic rings. The third-order valence-corrected chi connectivity index (χ3v) is 1.66. The summed E-state index contributed by atoms with van der Waals surface area (Å²) in [5, 5.41) is 0. The third kappa shape index (κ3) is 33.1. The molecular formula is C6H15FSi2. The van der Waals surface area contributed by atoms with Gasteiger partial charge in [-0.2, -0.15) is 0 Å². The Labute approximate surface area is 62.7 Å². The van der Waals surface area contributed by atoms with Crippen LogP contribution in [0.4, 0.5) is 4.39 Å². The minimum absolute atomic E-state index is 0.590. The molecule has 0 N–H and O–H groups in total. The monoisotopic (exact) mass is 162 g/mol. The van der Waals surface area contributed by atoms with Crippen molar-refractivity contribution in [1.29, 1.82) is 0 Å². The van der Waals surface area contributed by atoms with Crippen LogP contribution in [0.1, 0.15) is 0 Å². The van der Waals surface area contributed by atoms with Crippen molar-refractivity contribution in [3.63, 3.8) is 0 Å². The molecule has 0 nitrogen and oxygen atoms in total. The van der Waals surface area contributed by atoms with E-state index in [1.54, 1.807) is 0 Å².